The number of amides is 2. The van der Waals surface area contributed by atoms with Gasteiger partial charge < -0.3 is 10.2 Å². The third kappa shape index (κ3) is 7.47. The number of sulfonamides is 1. The predicted molar refractivity (Wildman–Crippen MR) is 133 cm³/mol. The molecule has 2 atom stereocenters. The van der Waals surface area contributed by atoms with Crippen LogP contribution in [0.5, 0.6) is 0 Å². The summed E-state index contributed by atoms with van der Waals surface area (Å²) in [6, 6.07) is 13.2. The lowest BCUT2D eigenvalue weighted by Gasteiger charge is -2.32. The van der Waals surface area contributed by atoms with E-state index >= 15 is 0 Å². The smallest absolute Gasteiger partial charge is 0.244 e. The Kier molecular flexibility index (Phi) is 9.31. The molecule has 0 aliphatic rings. The van der Waals surface area contributed by atoms with E-state index in [9.17, 15) is 18.0 Å². The van der Waals surface area contributed by atoms with Crippen LogP contribution in [-0.2, 0) is 26.2 Å². The van der Waals surface area contributed by atoms with Gasteiger partial charge in [0, 0.05) is 12.6 Å². The van der Waals surface area contributed by atoms with Gasteiger partial charge in [-0.3, -0.25) is 13.9 Å². The number of nitrogens with one attached hydrogen (secondary N) is 1. The van der Waals surface area contributed by atoms with Crippen molar-refractivity contribution < 1.29 is 18.0 Å². The Morgan fingerprint density at radius 2 is 1.67 bits per heavy atom. The van der Waals surface area contributed by atoms with E-state index in [0.29, 0.717) is 0 Å². The van der Waals surface area contributed by atoms with Crippen LogP contribution in [-0.4, -0.2) is 50.0 Å². The van der Waals surface area contributed by atoms with Gasteiger partial charge in [0.2, 0.25) is 21.8 Å². The van der Waals surface area contributed by atoms with Crippen molar-refractivity contribution in [2.75, 3.05) is 17.1 Å². The fourth-order valence-electron chi connectivity index (χ4n) is 3.19. The highest BCUT2D eigenvalue weighted by atomic mass is 35.5. The first kappa shape index (κ1) is 26.7. The van der Waals surface area contributed by atoms with E-state index in [1.54, 1.807) is 31.2 Å². The number of nitrogens with zero attached hydrogens (tertiary/aromatic N) is 2. The van der Waals surface area contributed by atoms with Gasteiger partial charge in [-0.15, -0.1) is 0 Å². The Bertz CT molecular complexity index is 1070. The summed E-state index contributed by atoms with van der Waals surface area (Å²) in [5.41, 5.74) is 2.11. The zero-order valence-electron chi connectivity index (χ0n) is 19.7. The van der Waals surface area contributed by atoms with Crippen molar-refractivity contribution in [3.05, 3.63) is 64.7 Å². The topological polar surface area (TPSA) is 86.8 Å². The maximum Gasteiger partial charge on any atom is 0.244 e. The molecule has 2 rings (SSSR count). The van der Waals surface area contributed by atoms with Gasteiger partial charge in [0.25, 0.3) is 0 Å². The SMILES string of the molecule is CC[C@H](C)NC(=O)[C@H](C)N(Cc1ccc(C)cc1)C(=O)CN(c1ccccc1Cl)S(C)(=O)=O. The number of para-hydroxylation sites is 1. The first-order valence-electron chi connectivity index (χ1n) is 10.8. The Morgan fingerprint density at radius 1 is 1.06 bits per heavy atom. The molecule has 2 aromatic carbocycles. The van der Waals surface area contributed by atoms with Crippen molar-refractivity contribution in [1.29, 1.82) is 0 Å². The number of hydrogen-bond donors (Lipinski definition) is 1. The quantitative estimate of drug-likeness (QED) is 0.546. The molecule has 0 bridgehead atoms. The summed E-state index contributed by atoms with van der Waals surface area (Å²) in [5.74, 6) is -0.804. The highest BCUT2D eigenvalue weighted by Crippen LogP contribution is 2.27. The standard InChI is InChI=1S/C24H32ClN3O4S/c1-6-18(3)26-24(30)19(4)27(15-20-13-11-17(2)12-14-20)23(29)16-28(33(5,31)32)22-10-8-7-9-21(22)25/h7-14,18-19H,6,15-16H2,1-5H3,(H,26,30)/t18-,19-/m0/s1. The molecule has 0 heterocycles. The summed E-state index contributed by atoms with van der Waals surface area (Å²) in [5, 5.41) is 3.11. The number of anilines is 1. The molecule has 0 saturated heterocycles. The summed E-state index contributed by atoms with van der Waals surface area (Å²) in [4.78, 5) is 27.7. The van der Waals surface area contributed by atoms with Gasteiger partial charge in [-0.05, 0) is 44.9 Å². The molecule has 0 radical (unpaired) electrons. The van der Waals surface area contributed by atoms with Gasteiger partial charge in [-0.25, -0.2) is 8.42 Å². The molecule has 2 amide bonds. The van der Waals surface area contributed by atoms with E-state index in [-0.39, 0.29) is 29.2 Å². The lowest BCUT2D eigenvalue weighted by Crippen LogP contribution is -2.52. The minimum atomic E-state index is -3.82. The van der Waals surface area contributed by atoms with Crippen LogP contribution < -0.4 is 9.62 Å². The van der Waals surface area contributed by atoms with Crippen LogP contribution in [0.4, 0.5) is 5.69 Å². The number of hydrogen-bond acceptors (Lipinski definition) is 4. The van der Waals surface area contributed by atoms with Gasteiger partial charge in [-0.2, -0.15) is 0 Å². The van der Waals surface area contributed by atoms with Gasteiger partial charge in [0.15, 0.2) is 0 Å². The first-order valence-corrected chi connectivity index (χ1v) is 13.0. The van der Waals surface area contributed by atoms with Crippen LogP contribution in [0.25, 0.3) is 0 Å². The fourth-order valence-corrected chi connectivity index (χ4v) is 4.34. The number of carbonyl (C=O) groups excluding carboxylic acids is 2. The van der Waals surface area contributed by atoms with E-state index < -0.39 is 28.5 Å². The monoisotopic (exact) mass is 493 g/mol. The second kappa shape index (κ2) is 11.5. The second-order valence-corrected chi connectivity index (χ2v) is 10.5. The minimum absolute atomic E-state index is 0.0491. The first-order chi connectivity index (χ1) is 15.4. The fraction of sp³-hybridized carbons (Fsp3) is 0.417. The molecule has 2 aromatic rings. The average molecular weight is 494 g/mol. The van der Waals surface area contributed by atoms with Crippen LogP contribution in [0.1, 0.15) is 38.3 Å². The van der Waals surface area contributed by atoms with Crippen LogP contribution >= 0.6 is 11.6 Å². The van der Waals surface area contributed by atoms with Crippen molar-refractivity contribution >= 4 is 39.1 Å². The van der Waals surface area contributed by atoms with Crippen LogP contribution in [0, 0.1) is 6.92 Å². The lowest BCUT2D eigenvalue weighted by molar-refractivity contribution is -0.139. The molecule has 0 spiro atoms. The van der Waals surface area contributed by atoms with Crippen LogP contribution in [0.3, 0.4) is 0 Å². The molecular formula is C24H32ClN3O4S. The van der Waals surface area contributed by atoms with Crippen LogP contribution in [0.2, 0.25) is 5.02 Å². The molecule has 0 aliphatic heterocycles. The van der Waals surface area contributed by atoms with Gasteiger partial charge in [0.05, 0.1) is 17.0 Å². The van der Waals surface area contributed by atoms with E-state index in [1.165, 1.54) is 4.90 Å². The maximum absolute atomic E-state index is 13.5. The third-order valence-electron chi connectivity index (χ3n) is 5.44. The summed E-state index contributed by atoms with van der Waals surface area (Å²) >= 11 is 6.22. The lowest BCUT2D eigenvalue weighted by atomic mass is 10.1. The maximum atomic E-state index is 13.5. The average Bonchev–Trinajstić information content (AvgIpc) is 2.76. The Morgan fingerprint density at radius 3 is 2.21 bits per heavy atom. The van der Waals surface area contributed by atoms with Gasteiger partial charge in [-0.1, -0.05) is 60.5 Å². The summed E-state index contributed by atoms with van der Waals surface area (Å²) in [6.07, 6.45) is 1.77. The zero-order valence-corrected chi connectivity index (χ0v) is 21.3. The van der Waals surface area contributed by atoms with Crippen molar-refractivity contribution in [3.8, 4) is 0 Å². The van der Waals surface area contributed by atoms with Crippen LogP contribution in [0.15, 0.2) is 48.5 Å². The molecule has 0 aliphatic carbocycles. The molecule has 0 saturated carbocycles. The number of rotatable bonds is 10. The van der Waals surface area contributed by atoms with Crippen molar-refractivity contribution in [2.24, 2.45) is 0 Å². The van der Waals surface area contributed by atoms with E-state index in [4.69, 9.17) is 11.6 Å². The highest BCUT2D eigenvalue weighted by Gasteiger charge is 2.31. The van der Waals surface area contributed by atoms with Gasteiger partial charge in [0.1, 0.15) is 12.6 Å². The second-order valence-electron chi connectivity index (χ2n) is 8.22. The molecule has 1 N–H and O–H groups in total. The number of halogens is 1. The number of benzene rings is 2. The third-order valence-corrected chi connectivity index (χ3v) is 6.89. The molecule has 0 unspecified atom stereocenters. The summed E-state index contributed by atoms with van der Waals surface area (Å²) < 4.78 is 26.1. The summed E-state index contributed by atoms with van der Waals surface area (Å²) in [6.45, 7) is 7.13. The van der Waals surface area contributed by atoms with Crippen molar-refractivity contribution in [3.63, 3.8) is 0 Å². The molecule has 0 aromatic heterocycles. The Hall–Kier alpha value is -2.58. The zero-order chi connectivity index (χ0) is 24.8. The van der Waals surface area contributed by atoms with E-state index in [0.717, 1.165) is 28.1 Å². The molecular weight excluding hydrogens is 462 g/mol. The molecule has 9 heteroatoms. The molecule has 33 heavy (non-hydrogen) atoms. The van der Waals surface area contributed by atoms with E-state index in [2.05, 4.69) is 5.32 Å². The molecule has 0 fully saturated rings. The number of aryl methyl sites for hydroxylation is 1. The summed E-state index contributed by atoms with van der Waals surface area (Å²) in [7, 11) is -3.82. The minimum Gasteiger partial charge on any atom is -0.352 e. The predicted octanol–water partition coefficient (Wildman–Crippen LogP) is 3.75. The Labute approximate surface area is 201 Å². The van der Waals surface area contributed by atoms with Crippen molar-refractivity contribution in [1.82, 2.24) is 10.2 Å². The highest BCUT2D eigenvalue weighted by molar-refractivity contribution is 7.92. The van der Waals surface area contributed by atoms with E-state index in [1.807, 2.05) is 45.0 Å². The van der Waals surface area contributed by atoms with Crippen molar-refractivity contribution in [2.45, 2.75) is 52.7 Å². The molecule has 180 valence electrons. The normalized spacial score (nSPS) is 13.2. The number of carbonyl (C=O) groups is 2. The molecule has 7 nitrogen and oxygen atoms in total. The van der Waals surface area contributed by atoms with Gasteiger partial charge >= 0.3 is 0 Å². The largest absolute Gasteiger partial charge is 0.352 e. The Balaban J connectivity index is 2.39.